The van der Waals surface area contributed by atoms with Crippen LogP contribution in [-0.4, -0.2) is 23.0 Å². The summed E-state index contributed by atoms with van der Waals surface area (Å²) in [6.07, 6.45) is 0.831. The van der Waals surface area contributed by atoms with Crippen LogP contribution in [-0.2, 0) is 8.85 Å². The highest BCUT2D eigenvalue weighted by Gasteiger charge is 2.16. The van der Waals surface area contributed by atoms with Crippen molar-refractivity contribution in [2.75, 3.05) is 14.2 Å². The van der Waals surface area contributed by atoms with Crippen molar-refractivity contribution in [1.82, 2.24) is 0 Å². The average molecular weight is 149 g/mol. The van der Waals surface area contributed by atoms with Crippen LogP contribution in [0.5, 0.6) is 0 Å². The lowest BCUT2D eigenvalue weighted by Crippen LogP contribution is -2.53. The van der Waals surface area contributed by atoms with Gasteiger partial charge >= 0.3 is 0 Å². The zero-order chi connectivity index (χ0) is 7.33. The van der Waals surface area contributed by atoms with Gasteiger partial charge in [0, 0.05) is 14.2 Å². The molecule has 0 aromatic rings. The van der Waals surface area contributed by atoms with E-state index < -0.39 is 8.80 Å². The molecule has 4 heteroatoms. The molecule has 0 aliphatic heterocycles. The van der Waals surface area contributed by atoms with Gasteiger partial charge in [-0.2, -0.15) is 0 Å². The van der Waals surface area contributed by atoms with Crippen LogP contribution in [0.4, 0.5) is 0 Å². The molecule has 0 radical (unpaired) electrons. The van der Waals surface area contributed by atoms with Crippen molar-refractivity contribution < 1.29 is 13.6 Å². The molecule has 0 atom stereocenters. The summed E-state index contributed by atoms with van der Waals surface area (Å²) in [6, 6.07) is 0.528. The summed E-state index contributed by atoms with van der Waals surface area (Å²) in [5.41, 5.74) is 0. The van der Waals surface area contributed by atoms with Crippen LogP contribution in [0.2, 0.25) is 6.04 Å². The number of hydrogen-bond donors (Lipinski definition) is 0. The highest BCUT2D eigenvalue weighted by atomic mass is 28.4. The van der Waals surface area contributed by atoms with Crippen LogP contribution in [0, 0.1) is 0 Å². The Kier molecular flexibility index (Phi) is 4.04. The fourth-order valence-corrected chi connectivity index (χ4v) is 1.78. The molecule has 0 fully saturated rings. The molecule has 0 rings (SSSR count). The van der Waals surface area contributed by atoms with Crippen LogP contribution in [0.15, 0.2) is 0 Å². The summed E-state index contributed by atoms with van der Waals surface area (Å²) in [6.45, 7) is 1.94. The Labute approximate surface area is 57.0 Å². The second-order valence-electron chi connectivity index (χ2n) is 1.84. The van der Waals surface area contributed by atoms with Crippen LogP contribution in [0.1, 0.15) is 13.3 Å². The van der Waals surface area contributed by atoms with E-state index >= 15 is 0 Å². The van der Waals surface area contributed by atoms with Gasteiger partial charge in [-0.25, -0.2) is 0 Å². The standard InChI is InChI=1S/C5H13O3Si/c1-4-5-9(6,7-2)8-3/h4-5H2,1-3H3/q-1. The molecule has 0 aromatic heterocycles. The molecule has 0 heterocycles. The van der Waals surface area contributed by atoms with Crippen molar-refractivity contribution in [3.63, 3.8) is 0 Å². The minimum absolute atomic E-state index is 0.528. The summed E-state index contributed by atoms with van der Waals surface area (Å²) < 4.78 is 9.38. The van der Waals surface area contributed by atoms with E-state index in [0.29, 0.717) is 6.04 Å². The van der Waals surface area contributed by atoms with Gasteiger partial charge in [0.25, 0.3) is 0 Å². The molecule has 0 N–H and O–H groups in total. The molecule has 0 saturated carbocycles. The molecule has 0 bridgehead atoms. The monoisotopic (exact) mass is 149 g/mol. The average Bonchev–Trinajstić information content (AvgIpc) is 1.89. The van der Waals surface area contributed by atoms with Crippen LogP contribution in [0.25, 0.3) is 0 Å². The zero-order valence-corrected chi connectivity index (χ0v) is 7.14. The van der Waals surface area contributed by atoms with E-state index in [1.54, 1.807) is 0 Å². The van der Waals surface area contributed by atoms with Gasteiger partial charge in [0.1, 0.15) is 0 Å². The summed E-state index contributed by atoms with van der Waals surface area (Å²) >= 11 is 0. The van der Waals surface area contributed by atoms with Crippen molar-refractivity contribution in [1.29, 1.82) is 0 Å². The topological polar surface area (TPSA) is 41.5 Å². The van der Waals surface area contributed by atoms with Crippen molar-refractivity contribution in [3.8, 4) is 0 Å². The quantitative estimate of drug-likeness (QED) is 0.528. The van der Waals surface area contributed by atoms with Gasteiger partial charge in [-0.05, 0) is 6.04 Å². The molecular weight excluding hydrogens is 136 g/mol. The third-order valence-corrected chi connectivity index (χ3v) is 3.53. The molecular formula is C5H13O3Si-. The Morgan fingerprint density at radius 1 is 1.33 bits per heavy atom. The maximum atomic E-state index is 11.1. The van der Waals surface area contributed by atoms with Crippen LogP contribution in [0.3, 0.4) is 0 Å². The summed E-state index contributed by atoms with van der Waals surface area (Å²) in [4.78, 5) is 11.1. The molecule has 0 aliphatic rings. The van der Waals surface area contributed by atoms with E-state index in [1.807, 2.05) is 6.92 Å². The maximum absolute atomic E-state index is 11.1. The van der Waals surface area contributed by atoms with E-state index in [-0.39, 0.29) is 0 Å². The van der Waals surface area contributed by atoms with Gasteiger partial charge in [-0.1, -0.05) is 13.3 Å². The molecule has 3 nitrogen and oxygen atoms in total. The van der Waals surface area contributed by atoms with Crippen molar-refractivity contribution in [2.45, 2.75) is 19.4 Å². The highest BCUT2D eigenvalue weighted by Crippen LogP contribution is 2.05. The lowest BCUT2D eigenvalue weighted by molar-refractivity contribution is -0.271. The molecule has 0 aromatic carbocycles. The number of rotatable bonds is 4. The van der Waals surface area contributed by atoms with E-state index in [4.69, 9.17) is 0 Å². The Balaban J connectivity index is 3.62. The maximum Gasteiger partial charge on any atom is 0.244 e. The van der Waals surface area contributed by atoms with E-state index in [9.17, 15) is 4.80 Å². The Hall–Kier alpha value is 0.0969. The first kappa shape index (κ1) is 9.10. The predicted octanol–water partition coefficient (Wildman–Crippen LogP) is -0.0116. The van der Waals surface area contributed by atoms with Crippen molar-refractivity contribution in [3.05, 3.63) is 0 Å². The fourth-order valence-electron chi connectivity index (χ4n) is 0.594. The summed E-state index contributed by atoms with van der Waals surface area (Å²) in [7, 11) is -0.117. The molecule has 56 valence electrons. The van der Waals surface area contributed by atoms with Crippen LogP contribution >= 0.6 is 0 Å². The number of hydrogen-bond acceptors (Lipinski definition) is 3. The Morgan fingerprint density at radius 2 is 1.78 bits per heavy atom. The molecule has 0 saturated heterocycles. The SMILES string of the molecule is CCC[Si]([O-])(OC)OC. The third-order valence-electron chi connectivity index (χ3n) is 1.18. The fraction of sp³-hybridized carbons (Fsp3) is 1.00. The molecule has 0 unspecified atom stereocenters. The van der Waals surface area contributed by atoms with Gasteiger partial charge < -0.3 is 13.6 Å². The second-order valence-corrected chi connectivity index (χ2v) is 4.52. The highest BCUT2D eigenvalue weighted by molar-refractivity contribution is 6.57. The first-order valence-corrected chi connectivity index (χ1v) is 4.92. The first-order chi connectivity index (χ1) is 4.18. The van der Waals surface area contributed by atoms with Crippen molar-refractivity contribution in [2.24, 2.45) is 0 Å². The predicted molar refractivity (Wildman–Crippen MR) is 34.9 cm³/mol. The molecule has 0 amide bonds. The van der Waals surface area contributed by atoms with Crippen LogP contribution < -0.4 is 4.80 Å². The third kappa shape index (κ3) is 2.95. The second kappa shape index (κ2) is 4.00. The van der Waals surface area contributed by atoms with Gasteiger partial charge in [0.2, 0.25) is 8.80 Å². The minimum Gasteiger partial charge on any atom is -0.817 e. The minimum atomic E-state index is -2.95. The lowest BCUT2D eigenvalue weighted by atomic mass is 10.6. The molecule has 9 heavy (non-hydrogen) atoms. The van der Waals surface area contributed by atoms with Gasteiger partial charge in [0.05, 0.1) is 0 Å². The first-order valence-electron chi connectivity index (χ1n) is 2.99. The summed E-state index contributed by atoms with van der Waals surface area (Å²) in [5.74, 6) is 0. The molecule has 0 aliphatic carbocycles. The van der Waals surface area contributed by atoms with Crippen molar-refractivity contribution >= 4 is 8.80 Å². The smallest absolute Gasteiger partial charge is 0.244 e. The summed E-state index contributed by atoms with van der Waals surface area (Å²) in [5, 5.41) is 0. The van der Waals surface area contributed by atoms with Gasteiger partial charge in [0.15, 0.2) is 0 Å². The lowest BCUT2D eigenvalue weighted by Gasteiger charge is -2.33. The Bertz CT molecular complexity index is 72.6. The van der Waals surface area contributed by atoms with Gasteiger partial charge in [-0.3, -0.25) is 0 Å². The van der Waals surface area contributed by atoms with E-state index in [2.05, 4.69) is 8.85 Å². The zero-order valence-electron chi connectivity index (χ0n) is 6.14. The normalized spacial score (nSPS) is 12.0. The van der Waals surface area contributed by atoms with E-state index in [0.717, 1.165) is 6.42 Å². The largest absolute Gasteiger partial charge is 0.817 e. The Morgan fingerprint density at radius 3 is 1.89 bits per heavy atom. The van der Waals surface area contributed by atoms with E-state index in [1.165, 1.54) is 14.2 Å². The van der Waals surface area contributed by atoms with Gasteiger partial charge in [-0.15, -0.1) is 0 Å². The molecule has 0 spiro atoms.